The molecule has 0 aliphatic heterocycles. The van der Waals surface area contributed by atoms with Gasteiger partial charge < -0.3 is 14.2 Å². The average molecular weight is 260 g/mol. The van der Waals surface area contributed by atoms with Gasteiger partial charge in [-0.3, -0.25) is 4.79 Å². The van der Waals surface area contributed by atoms with Crippen LogP contribution in [0.3, 0.4) is 0 Å². The van der Waals surface area contributed by atoms with Crippen molar-refractivity contribution in [1.82, 2.24) is 9.13 Å². The number of aromatic nitrogens is 2. The summed E-state index contributed by atoms with van der Waals surface area (Å²) in [6, 6.07) is 3.37. The van der Waals surface area contributed by atoms with Gasteiger partial charge in [-0.1, -0.05) is 0 Å². The van der Waals surface area contributed by atoms with E-state index in [1.165, 1.54) is 10.6 Å². The molecule has 1 N–H and O–H groups in total. The van der Waals surface area contributed by atoms with Gasteiger partial charge in [0, 0.05) is 32.9 Å². The molecule has 2 aromatic heterocycles. The molecular weight excluding hydrogens is 244 g/mol. The monoisotopic (exact) mass is 260 g/mol. The van der Waals surface area contributed by atoms with E-state index >= 15 is 0 Å². The number of carboxylic acids is 1. The second kappa shape index (κ2) is 4.76. The molecule has 0 bridgehead atoms. The minimum absolute atomic E-state index is 0.0156. The number of carboxylic acid groups (broad SMARTS) is 1. The van der Waals surface area contributed by atoms with Gasteiger partial charge in [0.1, 0.15) is 5.69 Å². The van der Waals surface area contributed by atoms with Crippen LogP contribution in [-0.2, 0) is 20.5 Å². The normalized spacial score (nSPS) is 10.7. The van der Waals surface area contributed by atoms with Crippen LogP contribution in [0.25, 0.3) is 0 Å². The van der Waals surface area contributed by atoms with E-state index in [1.54, 1.807) is 17.8 Å². The third kappa shape index (κ3) is 2.59. The van der Waals surface area contributed by atoms with Crippen LogP contribution in [0.5, 0.6) is 0 Å². The molecule has 0 aliphatic rings. The maximum atomic E-state index is 12.2. The number of carbonyl (C=O) groups is 2. The molecule has 0 saturated carbocycles. The summed E-state index contributed by atoms with van der Waals surface area (Å²) in [6.45, 7) is 1.93. The number of nitrogens with zero attached hydrogens (tertiary/aromatic N) is 2. The van der Waals surface area contributed by atoms with Gasteiger partial charge in [0.2, 0.25) is 0 Å². The van der Waals surface area contributed by atoms with Crippen LogP contribution in [0.4, 0.5) is 0 Å². The quantitative estimate of drug-likeness (QED) is 0.852. The van der Waals surface area contributed by atoms with E-state index in [2.05, 4.69) is 0 Å². The van der Waals surface area contributed by atoms with Gasteiger partial charge >= 0.3 is 5.97 Å². The second-order valence-corrected chi connectivity index (χ2v) is 4.76. The number of hydrogen-bond acceptors (Lipinski definition) is 2. The van der Waals surface area contributed by atoms with E-state index in [4.69, 9.17) is 5.11 Å². The fourth-order valence-corrected chi connectivity index (χ4v) is 2.23. The lowest BCUT2D eigenvalue weighted by Gasteiger charge is -2.00. The topological polar surface area (TPSA) is 64.2 Å². The number of carbonyl (C=O) groups excluding carboxylic acids is 1. The predicted molar refractivity (Wildman–Crippen MR) is 70.6 cm³/mol. The Hall–Kier alpha value is -2.30. The van der Waals surface area contributed by atoms with Gasteiger partial charge in [-0.2, -0.15) is 0 Å². The molecular formula is C14H16N2O3. The summed E-state index contributed by atoms with van der Waals surface area (Å²) >= 11 is 0. The number of aryl methyl sites for hydroxylation is 3. The van der Waals surface area contributed by atoms with Crippen LogP contribution >= 0.6 is 0 Å². The summed E-state index contributed by atoms with van der Waals surface area (Å²) in [5.41, 5.74) is 2.57. The van der Waals surface area contributed by atoms with Crippen LogP contribution in [0.1, 0.15) is 32.1 Å². The van der Waals surface area contributed by atoms with Gasteiger partial charge in [0.15, 0.2) is 5.78 Å². The summed E-state index contributed by atoms with van der Waals surface area (Å²) < 4.78 is 3.31. The molecule has 2 rings (SSSR count). The Morgan fingerprint density at radius 1 is 1.11 bits per heavy atom. The van der Waals surface area contributed by atoms with Crippen LogP contribution in [0, 0.1) is 6.92 Å². The van der Waals surface area contributed by atoms with Crippen LogP contribution < -0.4 is 0 Å². The van der Waals surface area contributed by atoms with Crippen LogP contribution in [0.2, 0.25) is 0 Å². The molecule has 0 saturated heterocycles. The number of aromatic carboxylic acids is 1. The zero-order chi connectivity index (χ0) is 14.2. The fraction of sp³-hybridized carbons (Fsp3) is 0.286. The van der Waals surface area contributed by atoms with E-state index in [9.17, 15) is 9.59 Å². The molecule has 2 heterocycles. The zero-order valence-corrected chi connectivity index (χ0v) is 11.2. The van der Waals surface area contributed by atoms with Crippen LogP contribution in [0.15, 0.2) is 24.5 Å². The average Bonchev–Trinajstić information content (AvgIpc) is 2.81. The maximum absolute atomic E-state index is 12.2. The Labute approximate surface area is 111 Å². The lowest BCUT2D eigenvalue weighted by atomic mass is 10.1. The van der Waals surface area contributed by atoms with E-state index in [-0.39, 0.29) is 17.9 Å². The maximum Gasteiger partial charge on any atom is 0.352 e. The van der Waals surface area contributed by atoms with Crippen molar-refractivity contribution in [3.05, 3.63) is 47.0 Å². The van der Waals surface area contributed by atoms with Crippen molar-refractivity contribution in [1.29, 1.82) is 0 Å². The Balaban J connectivity index is 2.22. The number of Topliss-reactive ketones (excluding diaryl/α,β-unsaturated/α-hetero) is 1. The fourth-order valence-electron chi connectivity index (χ4n) is 2.23. The number of rotatable bonds is 4. The molecule has 2 aromatic rings. The van der Waals surface area contributed by atoms with Gasteiger partial charge in [-0.15, -0.1) is 0 Å². The molecule has 0 aliphatic carbocycles. The molecule has 0 radical (unpaired) electrons. The Morgan fingerprint density at radius 2 is 1.74 bits per heavy atom. The third-order valence-electron chi connectivity index (χ3n) is 3.07. The number of hydrogen-bond donors (Lipinski definition) is 1. The highest BCUT2D eigenvalue weighted by Gasteiger charge is 2.15. The SMILES string of the molecule is Cc1cc(C(=O)Cc2cc(C(=O)O)n(C)c2)n(C)c1. The van der Waals surface area contributed by atoms with E-state index in [0.717, 1.165) is 5.56 Å². The predicted octanol–water partition coefficient (Wildman–Crippen LogP) is 1.80. The Morgan fingerprint density at radius 3 is 2.21 bits per heavy atom. The first kappa shape index (κ1) is 13.1. The van der Waals surface area contributed by atoms with Crippen molar-refractivity contribution in [2.45, 2.75) is 13.3 Å². The molecule has 0 atom stereocenters. The van der Waals surface area contributed by atoms with Gasteiger partial charge in [-0.25, -0.2) is 4.79 Å². The molecule has 5 nitrogen and oxygen atoms in total. The van der Waals surface area contributed by atoms with Crippen molar-refractivity contribution in [3.8, 4) is 0 Å². The standard InChI is InChI=1S/C14H16N2O3/c1-9-4-11(15(2)7-9)13(17)6-10-5-12(14(18)19)16(3)8-10/h4-5,7-8H,6H2,1-3H3,(H,18,19). The second-order valence-electron chi connectivity index (χ2n) is 4.76. The molecule has 19 heavy (non-hydrogen) atoms. The minimum Gasteiger partial charge on any atom is -0.477 e. The van der Waals surface area contributed by atoms with Gasteiger partial charge in [0.05, 0.1) is 5.69 Å². The van der Waals surface area contributed by atoms with Crippen molar-refractivity contribution in [2.75, 3.05) is 0 Å². The van der Waals surface area contributed by atoms with Crippen molar-refractivity contribution in [2.24, 2.45) is 14.1 Å². The highest BCUT2D eigenvalue weighted by molar-refractivity contribution is 5.96. The minimum atomic E-state index is -0.990. The summed E-state index contributed by atoms with van der Waals surface area (Å²) in [5.74, 6) is -1.01. The van der Waals surface area contributed by atoms with Crippen molar-refractivity contribution < 1.29 is 14.7 Å². The molecule has 0 amide bonds. The summed E-state index contributed by atoms with van der Waals surface area (Å²) in [7, 11) is 3.48. The van der Waals surface area contributed by atoms with Gasteiger partial charge in [-0.05, 0) is 30.2 Å². The molecule has 0 aromatic carbocycles. The smallest absolute Gasteiger partial charge is 0.352 e. The largest absolute Gasteiger partial charge is 0.477 e. The zero-order valence-electron chi connectivity index (χ0n) is 11.2. The molecule has 0 fully saturated rings. The summed E-state index contributed by atoms with van der Waals surface area (Å²) in [4.78, 5) is 23.1. The molecule has 0 unspecified atom stereocenters. The van der Waals surface area contributed by atoms with E-state index < -0.39 is 5.97 Å². The van der Waals surface area contributed by atoms with Crippen LogP contribution in [-0.4, -0.2) is 26.0 Å². The highest BCUT2D eigenvalue weighted by Crippen LogP contribution is 2.13. The lowest BCUT2D eigenvalue weighted by molar-refractivity contribution is 0.0686. The summed E-state index contributed by atoms with van der Waals surface area (Å²) in [6.07, 6.45) is 3.77. The van der Waals surface area contributed by atoms with Gasteiger partial charge in [0.25, 0.3) is 0 Å². The number of ketones is 1. The molecule has 5 heteroatoms. The van der Waals surface area contributed by atoms with E-state index in [0.29, 0.717) is 11.3 Å². The molecule has 100 valence electrons. The third-order valence-corrected chi connectivity index (χ3v) is 3.07. The van der Waals surface area contributed by atoms with E-state index in [1.807, 2.05) is 26.2 Å². The van der Waals surface area contributed by atoms with Crippen molar-refractivity contribution >= 4 is 11.8 Å². The first-order chi connectivity index (χ1) is 8.88. The first-order valence-electron chi connectivity index (χ1n) is 5.93. The first-order valence-corrected chi connectivity index (χ1v) is 5.93. The Kier molecular flexibility index (Phi) is 3.29. The highest BCUT2D eigenvalue weighted by atomic mass is 16.4. The van der Waals surface area contributed by atoms with Crippen molar-refractivity contribution in [3.63, 3.8) is 0 Å². The molecule has 0 spiro atoms. The summed E-state index contributed by atoms with van der Waals surface area (Å²) in [5, 5.41) is 8.97. The lowest BCUT2D eigenvalue weighted by Crippen LogP contribution is -2.07. The Bertz CT molecular complexity index is 650.